The summed E-state index contributed by atoms with van der Waals surface area (Å²) >= 11 is 9.63. The van der Waals surface area contributed by atoms with Crippen molar-refractivity contribution < 1.29 is 9.21 Å². The third-order valence-electron chi connectivity index (χ3n) is 3.52. The summed E-state index contributed by atoms with van der Waals surface area (Å²) < 4.78 is 6.57. The number of carbonyl (C=O) groups excluding carboxylic acids is 1. The van der Waals surface area contributed by atoms with Gasteiger partial charge in [0.2, 0.25) is 0 Å². The van der Waals surface area contributed by atoms with Crippen LogP contribution in [0.5, 0.6) is 0 Å². The monoisotopic (exact) mass is 404 g/mol. The molecular formula is C18H14BrClN2O2. The normalized spacial score (nSPS) is 10.6. The van der Waals surface area contributed by atoms with Crippen molar-refractivity contribution in [2.75, 3.05) is 11.1 Å². The minimum atomic E-state index is -0.372. The largest absolute Gasteiger partial charge is 0.451 e. The number of nitrogen functional groups attached to an aromatic ring is 1. The van der Waals surface area contributed by atoms with E-state index in [-0.39, 0.29) is 11.7 Å². The molecule has 0 aliphatic rings. The van der Waals surface area contributed by atoms with Gasteiger partial charge in [-0.2, -0.15) is 0 Å². The Hall–Kier alpha value is -2.24. The fourth-order valence-electron chi connectivity index (χ4n) is 2.37. The first-order valence-corrected chi connectivity index (χ1v) is 8.34. The Balaban J connectivity index is 1.86. The maximum atomic E-state index is 12.4. The Morgan fingerprint density at radius 3 is 2.67 bits per heavy atom. The summed E-state index contributed by atoms with van der Waals surface area (Å²) in [5.74, 6) is 0.434. The highest BCUT2D eigenvalue weighted by Crippen LogP contribution is 2.31. The van der Waals surface area contributed by atoms with Crippen molar-refractivity contribution in [2.45, 2.75) is 6.92 Å². The Bertz CT molecular complexity index is 898. The van der Waals surface area contributed by atoms with Crippen LogP contribution in [0, 0.1) is 6.92 Å². The lowest BCUT2D eigenvalue weighted by molar-refractivity contribution is 0.0997. The van der Waals surface area contributed by atoms with Crippen molar-refractivity contribution in [1.29, 1.82) is 0 Å². The Morgan fingerprint density at radius 2 is 1.96 bits per heavy atom. The number of anilines is 2. The molecule has 1 amide bonds. The van der Waals surface area contributed by atoms with Crippen LogP contribution in [-0.4, -0.2) is 5.91 Å². The molecule has 2 aromatic carbocycles. The summed E-state index contributed by atoms with van der Waals surface area (Å²) in [6.45, 7) is 1.83. The van der Waals surface area contributed by atoms with E-state index in [4.69, 9.17) is 21.8 Å². The molecule has 0 atom stereocenters. The molecule has 0 bridgehead atoms. The van der Waals surface area contributed by atoms with E-state index in [0.717, 1.165) is 15.6 Å². The average Bonchev–Trinajstić information content (AvgIpc) is 3.01. The van der Waals surface area contributed by atoms with E-state index in [9.17, 15) is 4.79 Å². The number of halogens is 2. The molecule has 1 heterocycles. The molecular weight excluding hydrogens is 392 g/mol. The van der Waals surface area contributed by atoms with Crippen molar-refractivity contribution >= 4 is 44.8 Å². The predicted molar refractivity (Wildman–Crippen MR) is 100 cm³/mol. The number of benzene rings is 2. The van der Waals surface area contributed by atoms with Crippen molar-refractivity contribution in [3.05, 3.63) is 69.3 Å². The first-order chi connectivity index (χ1) is 11.5. The van der Waals surface area contributed by atoms with Crippen LogP contribution in [0.25, 0.3) is 11.3 Å². The van der Waals surface area contributed by atoms with Crippen molar-refractivity contribution in [3.8, 4) is 11.3 Å². The molecule has 3 rings (SSSR count). The number of hydrogen-bond donors (Lipinski definition) is 2. The average molecular weight is 406 g/mol. The van der Waals surface area contributed by atoms with E-state index in [0.29, 0.717) is 22.2 Å². The van der Waals surface area contributed by atoms with E-state index < -0.39 is 0 Å². The van der Waals surface area contributed by atoms with Crippen LogP contribution in [0.1, 0.15) is 16.1 Å². The molecule has 0 fully saturated rings. The second-order valence-electron chi connectivity index (χ2n) is 5.29. The molecule has 3 N–H and O–H groups in total. The van der Waals surface area contributed by atoms with Gasteiger partial charge in [0, 0.05) is 15.7 Å². The lowest BCUT2D eigenvalue weighted by Gasteiger charge is -2.10. The molecule has 0 radical (unpaired) electrons. The number of amides is 1. The van der Waals surface area contributed by atoms with E-state index in [1.807, 2.05) is 31.2 Å². The van der Waals surface area contributed by atoms with Gasteiger partial charge in [-0.25, -0.2) is 0 Å². The smallest absolute Gasteiger partial charge is 0.291 e. The topological polar surface area (TPSA) is 68.3 Å². The second-order valence-corrected chi connectivity index (χ2v) is 6.55. The van der Waals surface area contributed by atoms with Gasteiger partial charge in [-0.05, 0) is 42.8 Å². The summed E-state index contributed by atoms with van der Waals surface area (Å²) in [5, 5.41) is 3.16. The predicted octanol–water partition coefficient (Wildman–Crippen LogP) is 5.51. The van der Waals surface area contributed by atoms with Crippen LogP contribution in [-0.2, 0) is 0 Å². The maximum Gasteiger partial charge on any atom is 0.291 e. The van der Waals surface area contributed by atoms with Crippen LogP contribution in [0.15, 0.2) is 57.4 Å². The third kappa shape index (κ3) is 3.32. The van der Waals surface area contributed by atoms with Gasteiger partial charge in [-0.1, -0.05) is 45.7 Å². The number of aryl methyl sites for hydroxylation is 1. The van der Waals surface area contributed by atoms with Crippen LogP contribution in [0.2, 0.25) is 5.02 Å². The zero-order valence-corrected chi connectivity index (χ0v) is 15.1. The van der Waals surface area contributed by atoms with E-state index in [2.05, 4.69) is 21.2 Å². The molecule has 122 valence electrons. The highest BCUT2D eigenvalue weighted by molar-refractivity contribution is 9.10. The summed E-state index contributed by atoms with van der Waals surface area (Å²) in [6, 6.07) is 14.4. The van der Waals surface area contributed by atoms with Gasteiger partial charge in [0.1, 0.15) is 5.76 Å². The number of furan rings is 1. The van der Waals surface area contributed by atoms with Crippen LogP contribution >= 0.6 is 27.5 Å². The maximum absolute atomic E-state index is 12.4. The number of nitrogens with one attached hydrogen (secondary N) is 1. The molecule has 3 aromatic rings. The summed E-state index contributed by atoms with van der Waals surface area (Å²) in [5.41, 5.74) is 8.46. The quantitative estimate of drug-likeness (QED) is 0.565. The molecule has 0 saturated carbocycles. The Labute approximate surface area is 152 Å². The van der Waals surface area contributed by atoms with Gasteiger partial charge < -0.3 is 15.5 Å². The van der Waals surface area contributed by atoms with E-state index in [1.165, 1.54) is 0 Å². The fourth-order valence-corrected chi connectivity index (χ4v) is 3.17. The summed E-state index contributed by atoms with van der Waals surface area (Å²) in [4.78, 5) is 12.4. The van der Waals surface area contributed by atoms with E-state index in [1.54, 1.807) is 24.3 Å². The van der Waals surface area contributed by atoms with Crippen molar-refractivity contribution in [2.24, 2.45) is 0 Å². The van der Waals surface area contributed by atoms with Gasteiger partial charge in [-0.15, -0.1) is 0 Å². The summed E-state index contributed by atoms with van der Waals surface area (Å²) in [7, 11) is 0. The SMILES string of the molecule is Cc1cc(N)cc(Cl)c1NC(=O)c1ccc(-c2ccccc2Br)o1. The van der Waals surface area contributed by atoms with Gasteiger partial charge in [0.15, 0.2) is 5.76 Å². The van der Waals surface area contributed by atoms with Crippen LogP contribution < -0.4 is 11.1 Å². The number of nitrogens with two attached hydrogens (primary N) is 1. The molecule has 0 aliphatic heterocycles. The van der Waals surface area contributed by atoms with Crippen molar-refractivity contribution in [1.82, 2.24) is 0 Å². The fraction of sp³-hybridized carbons (Fsp3) is 0.0556. The minimum Gasteiger partial charge on any atom is -0.451 e. The van der Waals surface area contributed by atoms with Gasteiger partial charge in [-0.3, -0.25) is 4.79 Å². The number of rotatable bonds is 3. The van der Waals surface area contributed by atoms with Crippen LogP contribution in [0.3, 0.4) is 0 Å². The van der Waals surface area contributed by atoms with Crippen LogP contribution in [0.4, 0.5) is 11.4 Å². The zero-order chi connectivity index (χ0) is 17.3. The second kappa shape index (κ2) is 6.71. The highest BCUT2D eigenvalue weighted by Gasteiger charge is 2.16. The Kier molecular flexibility index (Phi) is 4.64. The lowest BCUT2D eigenvalue weighted by atomic mass is 10.1. The molecule has 6 heteroatoms. The molecule has 0 unspecified atom stereocenters. The standard InChI is InChI=1S/C18H14BrClN2O2/c1-10-8-11(21)9-14(20)17(10)22-18(23)16-7-6-15(24-16)12-4-2-3-5-13(12)19/h2-9H,21H2,1H3,(H,22,23). The first kappa shape index (κ1) is 16.6. The minimum absolute atomic E-state index is 0.202. The molecule has 0 aliphatic carbocycles. The summed E-state index contributed by atoms with van der Waals surface area (Å²) in [6.07, 6.45) is 0. The molecule has 0 spiro atoms. The molecule has 1 aromatic heterocycles. The van der Waals surface area contributed by atoms with Gasteiger partial charge >= 0.3 is 0 Å². The lowest BCUT2D eigenvalue weighted by Crippen LogP contribution is -2.12. The van der Waals surface area contributed by atoms with E-state index >= 15 is 0 Å². The van der Waals surface area contributed by atoms with Gasteiger partial charge in [0.05, 0.1) is 10.7 Å². The number of carbonyl (C=O) groups is 1. The molecule has 0 saturated heterocycles. The molecule has 24 heavy (non-hydrogen) atoms. The van der Waals surface area contributed by atoms with Crippen molar-refractivity contribution in [3.63, 3.8) is 0 Å². The zero-order valence-electron chi connectivity index (χ0n) is 12.8. The molecule has 4 nitrogen and oxygen atoms in total. The third-order valence-corrected chi connectivity index (χ3v) is 4.51. The Morgan fingerprint density at radius 1 is 1.21 bits per heavy atom. The highest BCUT2D eigenvalue weighted by atomic mass is 79.9. The first-order valence-electron chi connectivity index (χ1n) is 7.17. The van der Waals surface area contributed by atoms with Gasteiger partial charge in [0.25, 0.3) is 5.91 Å². The number of hydrogen-bond acceptors (Lipinski definition) is 3.